The molecule has 162 valence electrons. The second-order valence-corrected chi connectivity index (χ2v) is 6.54. The molecular formula is C23H27FO6. The minimum absolute atomic E-state index is 0.153. The molecule has 0 atom stereocenters. The zero-order valence-corrected chi connectivity index (χ0v) is 17.2. The van der Waals surface area contributed by atoms with E-state index in [-0.39, 0.29) is 24.7 Å². The maximum absolute atomic E-state index is 13.5. The summed E-state index contributed by atoms with van der Waals surface area (Å²) in [5.41, 5.74) is 1.31. The van der Waals surface area contributed by atoms with E-state index in [0.29, 0.717) is 35.7 Å². The van der Waals surface area contributed by atoms with Crippen LogP contribution in [0.25, 0.3) is 6.08 Å². The molecule has 0 radical (unpaired) electrons. The van der Waals surface area contributed by atoms with Crippen LogP contribution in [0.2, 0.25) is 0 Å². The monoisotopic (exact) mass is 418 g/mol. The van der Waals surface area contributed by atoms with Crippen LogP contribution in [0.1, 0.15) is 37.8 Å². The molecule has 0 saturated carbocycles. The molecule has 2 aromatic rings. The van der Waals surface area contributed by atoms with Gasteiger partial charge < -0.3 is 24.4 Å². The van der Waals surface area contributed by atoms with Gasteiger partial charge in [0.05, 0.1) is 19.8 Å². The molecule has 7 heteroatoms. The highest BCUT2D eigenvalue weighted by atomic mass is 19.1. The van der Waals surface area contributed by atoms with Crippen molar-refractivity contribution in [2.45, 2.75) is 33.1 Å². The number of aliphatic carboxylic acids is 1. The van der Waals surface area contributed by atoms with E-state index in [0.717, 1.165) is 12.8 Å². The zero-order chi connectivity index (χ0) is 21.9. The molecule has 0 amide bonds. The second kappa shape index (κ2) is 11.7. The topological polar surface area (TPSA) is 85.2 Å². The van der Waals surface area contributed by atoms with Gasteiger partial charge in [0, 0.05) is 6.42 Å². The van der Waals surface area contributed by atoms with Crippen LogP contribution in [0, 0.1) is 5.82 Å². The van der Waals surface area contributed by atoms with Crippen LogP contribution in [-0.2, 0) is 16.0 Å². The van der Waals surface area contributed by atoms with Crippen molar-refractivity contribution in [2.75, 3.05) is 19.8 Å². The largest absolute Gasteiger partial charge is 0.505 e. The van der Waals surface area contributed by atoms with Gasteiger partial charge in [-0.3, -0.25) is 0 Å². The molecule has 0 aromatic heterocycles. The van der Waals surface area contributed by atoms with Gasteiger partial charge in [-0.25, -0.2) is 9.18 Å². The summed E-state index contributed by atoms with van der Waals surface area (Å²) >= 11 is 0. The molecule has 2 rings (SSSR count). The third-order valence-corrected chi connectivity index (χ3v) is 4.19. The van der Waals surface area contributed by atoms with Crippen molar-refractivity contribution in [3.05, 3.63) is 59.1 Å². The number of unbranched alkanes of at least 4 members (excludes halogenated alkanes) is 1. The fourth-order valence-electron chi connectivity index (χ4n) is 2.63. The van der Waals surface area contributed by atoms with Crippen molar-refractivity contribution in [1.82, 2.24) is 0 Å². The molecule has 0 aliphatic rings. The van der Waals surface area contributed by atoms with E-state index in [1.807, 2.05) is 0 Å². The lowest BCUT2D eigenvalue weighted by molar-refractivity contribution is -0.136. The average Bonchev–Trinajstić information content (AvgIpc) is 2.72. The van der Waals surface area contributed by atoms with Crippen molar-refractivity contribution in [2.24, 2.45) is 0 Å². The van der Waals surface area contributed by atoms with Crippen molar-refractivity contribution in [3.63, 3.8) is 0 Å². The number of carbonyl (C=O) groups is 1. The van der Waals surface area contributed by atoms with E-state index in [1.165, 1.54) is 18.2 Å². The number of hydrogen-bond acceptors (Lipinski definition) is 5. The van der Waals surface area contributed by atoms with Crippen LogP contribution < -0.4 is 9.47 Å². The standard InChI is InChI=1S/C23H27FO6/c1-3-5-11-29-21-14-17(15-22(23(26)27)28-4-2)7-9-20(21)30-12-10-16-6-8-19(25)18(24)13-16/h6-9,13-15,25H,3-5,10-12H2,1-2H3,(H,26,27)/b22-15-. The lowest BCUT2D eigenvalue weighted by Gasteiger charge is -2.14. The van der Waals surface area contributed by atoms with Gasteiger partial charge in [0.15, 0.2) is 23.1 Å². The Morgan fingerprint density at radius 2 is 1.83 bits per heavy atom. The van der Waals surface area contributed by atoms with Gasteiger partial charge in [0.25, 0.3) is 0 Å². The SMILES string of the molecule is CCCCOc1cc(/C=C(\OCC)C(=O)O)ccc1OCCc1ccc(O)c(F)c1. The Morgan fingerprint density at radius 3 is 2.50 bits per heavy atom. The van der Waals surface area contributed by atoms with Crippen molar-refractivity contribution in [3.8, 4) is 17.2 Å². The smallest absolute Gasteiger partial charge is 0.371 e. The first-order valence-corrected chi connectivity index (χ1v) is 9.89. The second-order valence-electron chi connectivity index (χ2n) is 6.54. The number of benzene rings is 2. The molecule has 0 fully saturated rings. The average molecular weight is 418 g/mol. The summed E-state index contributed by atoms with van der Waals surface area (Å²) in [6.45, 7) is 4.80. The van der Waals surface area contributed by atoms with Gasteiger partial charge >= 0.3 is 5.97 Å². The summed E-state index contributed by atoms with van der Waals surface area (Å²) < 4.78 is 30.2. The number of hydrogen-bond donors (Lipinski definition) is 2. The molecule has 2 aromatic carbocycles. The predicted octanol–water partition coefficient (Wildman–Crippen LogP) is 4.79. The highest BCUT2D eigenvalue weighted by molar-refractivity contribution is 5.90. The first-order chi connectivity index (χ1) is 14.4. The highest BCUT2D eigenvalue weighted by Gasteiger charge is 2.11. The summed E-state index contributed by atoms with van der Waals surface area (Å²) in [5.74, 6) is -1.35. The molecule has 0 heterocycles. The maximum Gasteiger partial charge on any atom is 0.371 e. The Hall–Kier alpha value is -3.22. The van der Waals surface area contributed by atoms with Crippen LogP contribution in [-0.4, -0.2) is 36.0 Å². The van der Waals surface area contributed by atoms with Crippen LogP contribution >= 0.6 is 0 Å². The van der Waals surface area contributed by atoms with Gasteiger partial charge in [-0.1, -0.05) is 25.5 Å². The molecule has 30 heavy (non-hydrogen) atoms. The molecule has 6 nitrogen and oxygen atoms in total. The summed E-state index contributed by atoms with van der Waals surface area (Å²) in [7, 11) is 0. The van der Waals surface area contributed by atoms with Crippen molar-refractivity contribution >= 4 is 12.0 Å². The number of carboxylic acids is 1. The lowest BCUT2D eigenvalue weighted by atomic mass is 10.1. The molecule has 0 bridgehead atoms. The van der Waals surface area contributed by atoms with Crippen LogP contribution in [0.15, 0.2) is 42.2 Å². The Morgan fingerprint density at radius 1 is 1.07 bits per heavy atom. The fraction of sp³-hybridized carbons (Fsp3) is 0.348. The van der Waals surface area contributed by atoms with Crippen molar-refractivity contribution < 1.29 is 33.6 Å². The molecule has 2 N–H and O–H groups in total. The molecular weight excluding hydrogens is 391 g/mol. The molecule has 0 spiro atoms. The van der Waals surface area contributed by atoms with Gasteiger partial charge in [-0.15, -0.1) is 0 Å². The van der Waals surface area contributed by atoms with Crippen LogP contribution in [0.5, 0.6) is 17.2 Å². The number of ether oxygens (including phenoxy) is 3. The summed E-state index contributed by atoms with van der Waals surface area (Å²) in [5, 5.41) is 18.5. The number of halogens is 1. The summed E-state index contributed by atoms with van der Waals surface area (Å²) in [6, 6.07) is 9.33. The van der Waals surface area contributed by atoms with Gasteiger partial charge in [-0.05, 0) is 54.8 Å². The third kappa shape index (κ3) is 6.99. The molecule has 0 saturated heterocycles. The molecule has 0 unspecified atom stereocenters. The Bertz CT molecular complexity index is 878. The fourth-order valence-corrected chi connectivity index (χ4v) is 2.63. The maximum atomic E-state index is 13.5. The van der Waals surface area contributed by atoms with Gasteiger partial charge in [0.1, 0.15) is 0 Å². The minimum Gasteiger partial charge on any atom is -0.505 e. The van der Waals surface area contributed by atoms with E-state index >= 15 is 0 Å². The van der Waals surface area contributed by atoms with Crippen LogP contribution in [0.3, 0.4) is 0 Å². The van der Waals surface area contributed by atoms with E-state index in [2.05, 4.69) is 6.92 Å². The number of carboxylic acid groups (broad SMARTS) is 1. The van der Waals surface area contributed by atoms with Crippen molar-refractivity contribution in [1.29, 1.82) is 0 Å². The quantitative estimate of drug-likeness (QED) is 0.293. The van der Waals surface area contributed by atoms with E-state index in [1.54, 1.807) is 31.2 Å². The Labute approximate surface area is 175 Å². The van der Waals surface area contributed by atoms with Crippen LogP contribution in [0.4, 0.5) is 4.39 Å². The molecule has 0 aliphatic heterocycles. The highest BCUT2D eigenvalue weighted by Crippen LogP contribution is 2.30. The summed E-state index contributed by atoms with van der Waals surface area (Å²) in [6.07, 6.45) is 3.71. The molecule has 0 aliphatic carbocycles. The third-order valence-electron chi connectivity index (χ3n) is 4.19. The van der Waals surface area contributed by atoms with E-state index in [9.17, 15) is 19.4 Å². The number of phenolic OH excluding ortho intramolecular Hbond substituents is 1. The minimum atomic E-state index is -1.15. The number of aromatic hydroxyl groups is 1. The lowest BCUT2D eigenvalue weighted by Crippen LogP contribution is -2.06. The van der Waals surface area contributed by atoms with E-state index < -0.39 is 11.8 Å². The van der Waals surface area contributed by atoms with Gasteiger partial charge in [0.2, 0.25) is 5.76 Å². The summed E-state index contributed by atoms with van der Waals surface area (Å²) in [4.78, 5) is 11.3. The Kier molecular flexibility index (Phi) is 9.00. The zero-order valence-electron chi connectivity index (χ0n) is 17.2. The predicted molar refractivity (Wildman–Crippen MR) is 111 cm³/mol. The van der Waals surface area contributed by atoms with E-state index in [4.69, 9.17) is 14.2 Å². The number of rotatable bonds is 12. The first kappa shape index (κ1) is 23.1. The normalized spacial score (nSPS) is 11.2. The number of phenols is 1. The first-order valence-electron chi connectivity index (χ1n) is 9.89. The Balaban J connectivity index is 2.15. The van der Waals surface area contributed by atoms with Gasteiger partial charge in [-0.2, -0.15) is 0 Å².